The molecule has 17 heavy (non-hydrogen) atoms. The van der Waals surface area contributed by atoms with Gasteiger partial charge < -0.3 is 10.4 Å². The molecule has 1 amide bonds. The maximum absolute atomic E-state index is 11.6. The van der Waals surface area contributed by atoms with Crippen molar-refractivity contribution in [2.45, 2.75) is 12.8 Å². The summed E-state index contributed by atoms with van der Waals surface area (Å²) in [4.78, 5) is 15.8. The van der Waals surface area contributed by atoms with Crippen molar-refractivity contribution in [3.8, 4) is 0 Å². The number of carbonyl (C=O) groups is 1. The molecule has 0 aliphatic heterocycles. The summed E-state index contributed by atoms with van der Waals surface area (Å²) in [5, 5.41) is 12.4. The van der Waals surface area contributed by atoms with Crippen LogP contribution in [0.1, 0.15) is 12.8 Å². The van der Waals surface area contributed by atoms with Crippen LogP contribution in [0.2, 0.25) is 0 Å². The Kier molecular flexibility index (Phi) is 3.67. The van der Waals surface area contributed by atoms with Gasteiger partial charge in [-0.05, 0) is 30.7 Å². The summed E-state index contributed by atoms with van der Waals surface area (Å²) in [7, 11) is 0. The SMILES string of the molecule is O=C(CCCO)Nc1cccc2ncccc12. The summed E-state index contributed by atoms with van der Waals surface area (Å²) in [6, 6.07) is 9.37. The van der Waals surface area contributed by atoms with Crippen LogP contribution in [-0.4, -0.2) is 22.6 Å². The first kappa shape index (κ1) is 11.5. The lowest BCUT2D eigenvalue weighted by molar-refractivity contribution is -0.116. The van der Waals surface area contributed by atoms with E-state index in [9.17, 15) is 4.79 Å². The molecular weight excluding hydrogens is 216 g/mol. The maximum atomic E-state index is 11.6. The Morgan fingerprint density at radius 1 is 1.29 bits per heavy atom. The standard InChI is InChI=1S/C13H14N2O2/c16-9-3-7-13(17)15-12-6-1-5-11-10(12)4-2-8-14-11/h1-2,4-6,8,16H,3,7,9H2,(H,15,17). The first-order chi connectivity index (χ1) is 8.31. The number of aliphatic hydroxyl groups is 1. The van der Waals surface area contributed by atoms with Gasteiger partial charge in [0, 0.05) is 24.6 Å². The molecule has 2 N–H and O–H groups in total. The predicted octanol–water partition coefficient (Wildman–Crippen LogP) is 1.95. The number of aromatic nitrogens is 1. The van der Waals surface area contributed by atoms with Crippen LogP contribution in [0.15, 0.2) is 36.5 Å². The molecule has 4 heteroatoms. The zero-order valence-electron chi connectivity index (χ0n) is 9.39. The largest absolute Gasteiger partial charge is 0.396 e. The average Bonchev–Trinajstić information content (AvgIpc) is 2.37. The van der Waals surface area contributed by atoms with E-state index in [1.54, 1.807) is 6.20 Å². The van der Waals surface area contributed by atoms with Gasteiger partial charge >= 0.3 is 0 Å². The number of aliphatic hydroxyl groups excluding tert-OH is 1. The van der Waals surface area contributed by atoms with Crippen LogP contribution in [0, 0.1) is 0 Å². The number of benzene rings is 1. The molecule has 4 nitrogen and oxygen atoms in total. The van der Waals surface area contributed by atoms with Gasteiger partial charge in [-0.2, -0.15) is 0 Å². The molecule has 0 saturated heterocycles. The summed E-state index contributed by atoms with van der Waals surface area (Å²) in [5.74, 6) is -0.0876. The number of fused-ring (bicyclic) bond motifs is 1. The Labute approximate surface area is 99.3 Å². The second kappa shape index (κ2) is 5.41. The van der Waals surface area contributed by atoms with Gasteiger partial charge in [0.05, 0.1) is 11.2 Å². The van der Waals surface area contributed by atoms with Crippen LogP contribution in [0.3, 0.4) is 0 Å². The van der Waals surface area contributed by atoms with Crippen LogP contribution < -0.4 is 5.32 Å². The minimum absolute atomic E-state index is 0.0323. The first-order valence-electron chi connectivity index (χ1n) is 5.56. The van der Waals surface area contributed by atoms with E-state index in [0.717, 1.165) is 16.6 Å². The number of hydrogen-bond acceptors (Lipinski definition) is 3. The molecule has 0 atom stereocenters. The molecule has 0 aliphatic rings. The fraction of sp³-hybridized carbons (Fsp3) is 0.231. The molecule has 1 aromatic heterocycles. The second-order valence-electron chi connectivity index (χ2n) is 3.75. The number of anilines is 1. The highest BCUT2D eigenvalue weighted by molar-refractivity contribution is 6.00. The zero-order chi connectivity index (χ0) is 12.1. The Balaban J connectivity index is 2.21. The van der Waals surface area contributed by atoms with Crippen molar-refractivity contribution in [2.24, 2.45) is 0 Å². The molecular formula is C13H14N2O2. The molecule has 1 heterocycles. The Hall–Kier alpha value is -1.94. The molecule has 2 rings (SSSR count). The van der Waals surface area contributed by atoms with E-state index in [2.05, 4.69) is 10.3 Å². The van der Waals surface area contributed by atoms with Crippen molar-refractivity contribution in [1.82, 2.24) is 4.98 Å². The molecule has 0 saturated carbocycles. The third-order valence-corrected chi connectivity index (χ3v) is 2.48. The molecule has 0 aliphatic carbocycles. The molecule has 0 radical (unpaired) electrons. The van der Waals surface area contributed by atoms with Crippen LogP contribution in [0.25, 0.3) is 10.9 Å². The average molecular weight is 230 g/mol. The molecule has 0 spiro atoms. The van der Waals surface area contributed by atoms with Crippen molar-refractivity contribution in [3.05, 3.63) is 36.5 Å². The van der Waals surface area contributed by atoms with E-state index < -0.39 is 0 Å². The normalized spacial score (nSPS) is 10.4. The lowest BCUT2D eigenvalue weighted by Gasteiger charge is -2.07. The van der Waals surface area contributed by atoms with Gasteiger partial charge in [0.25, 0.3) is 0 Å². The fourth-order valence-electron chi connectivity index (χ4n) is 1.66. The van der Waals surface area contributed by atoms with Crippen molar-refractivity contribution in [3.63, 3.8) is 0 Å². The molecule has 88 valence electrons. The molecule has 0 unspecified atom stereocenters. The number of rotatable bonds is 4. The highest BCUT2D eigenvalue weighted by atomic mass is 16.3. The van der Waals surface area contributed by atoms with E-state index in [-0.39, 0.29) is 12.5 Å². The van der Waals surface area contributed by atoms with Crippen molar-refractivity contribution in [1.29, 1.82) is 0 Å². The minimum atomic E-state index is -0.0876. The molecule has 0 bridgehead atoms. The minimum Gasteiger partial charge on any atom is -0.396 e. The molecule has 1 aromatic carbocycles. The van der Waals surface area contributed by atoms with E-state index in [1.807, 2.05) is 30.3 Å². The van der Waals surface area contributed by atoms with Crippen LogP contribution >= 0.6 is 0 Å². The van der Waals surface area contributed by atoms with Gasteiger partial charge in [-0.25, -0.2) is 0 Å². The summed E-state index contributed by atoms with van der Waals surface area (Å²) >= 11 is 0. The lowest BCUT2D eigenvalue weighted by Crippen LogP contribution is -2.12. The van der Waals surface area contributed by atoms with Crippen LogP contribution in [0.4, 0.5) is 5.69 Å². The van der Waals surface area contributed by atoms with Gasteiger partial charge in [-0.1, -0.05) is 6.07 Å². The predicted molar refractivity (Wildman–Crippen MR) is 66.7 cm³/mol. The summed E-state index contributed by atoms with van der Waals surface area (Å²) in [6.07, 6.45) is 2.53. The van der Waals surface area contributed by atoms with Gasteiger partial charge in [-0.3, -0.25) is 9.78 Å². The van der Waals surface area contributed by atoms with E-state index >= 15 is 0 Å². The topological polar surface area (TPSA) is 62.2 Å². The third-order valence-electron chi connectivity index (χ3n) is 2.48. The summed E-state index contributed by atoms with van der Waals surface area (Å²) in [6.45, 7) is 0.0323. The number of nitrogens with zero attached hydrogens (tertiary/aromatic N) is 1. The number of pyridine rings is 1. The Morgan fingerprint density at radius 3 is 3.00 bits per heavy atom. The van der Waals surface area contributed by atoms with Crippen molar-refractivity contribution in [2.75, 3.05) is 11.9 Å². The zero-order valence-corrected chi connectivity index (χ0v) is 9.39. The fourth-order valence-corrected chi connectivity index (χ4v) is 1.66. The van der Waals surface area contributed by atoms with Gasteiger partial charge in [0.1, 0.15) is 0 Å². The number of carbonyl (C=O) groups excluding carboxylic acids is 1. The number of amides is 1. The number of nitrogens with one attached hydrogen (secondary N) is 1. The number of hydrogen-bond donors (Lipinski definition) is 2. The van der Waals surface area contributed by atoms with Gasteiger partial charge in [0.2, 0.25) is 5.91 Å². The van der Waals surface area contributed by atoms with Gasteiger partial charge in [0.15, 0.2) is 0 Å². The van der Waals surface area contributed by atoms with Crippen LogP contribution in [-0.2, 0) is 4.79 Å². The lowest BCUT2D eigenvalue weighted by atomic mass is 10.1. The Morgan fingerprint density at radius 2 is 2.18 bits per heavy atom. The van der Waals surface area contributed by atoms with E-state index in [0.29, 0.717) is 12.8 Å². The van der Waals surface area contributed by atoms with Crippen molar-refractivity contribution >= 4 is 22.5 Å². The summed E-state index contributed by atoms with van der Waals surface area (Å²) < 4.78 is 0. The van der Waals surface area contributed by atoms with Crippen LogP contribution in [0.5, 0.6) is 0 Å². The third kappa shape index (κ3) is 2.79. The van der Waals surface area contributed by atoms with Crippen molar-refractivity contribution < 1.29 is 9.90 Å². The quantitative estimate of drug-likeness (QED) is 0.843. The highest BCUT2D eigenvalue weighted by Gasteiger charge is 2.05. The second-order valence-corrected chi connectivity index (χ2v) is 3.75. The van der Waals surface area contributed by atoms with Gasteiger partial charge in [-0.15, -0.1) is 0 Å². The molecule has 0 fully saturated rings. The monoisotopic (exact) mass is 230 g/mol. The van der Waals surface area contributed by atoms with E-state index in [1.165, 1.54) is 0 Å². The first-order valence-corrected chi connectivity index (χ1v) is 5.56. The Bertz CT molecular complexity index is 520. The van der Waals surface area contributed by atoms with E-state index in [4.69, 9.17) is 5.11 Å². The molecule has 2 aromatic rings. The highest BCUT2D eigenvalue weighted by Crippen LogP contribution is 2.21. The smallest absolute Gasteiger partial charge is 0.224 e. The summed E-state index contributed by atoms with van der Waals surface area (Å²) in [5.41, 5.74) is 1.62. The maximum Gasteiger partial charge on any atom is 0.224 e.